The van der Waals surface area contributed by atoms with Crippen LogP contribution in [-0.4, -0.2) is 12.5 Å². The minimum absolute atomic E-state index is 0.121. The molecule has 0 unspecified atom stereocenters. The molecule has 0 atom stereocenters. The molecular weight excluding hydrogens is 193 g/mol. The average molecular weight is 209 g/mol. The quantitative estimate of drug-likeness (QED) is 0.814. The van der Waals surface area contributed by atoms with E-state index in [1.165, 1.54) is 6.07 Å². The van der Waals surface area contributed by atoms with Gasteiger partial charge in [0.1, 0.15) is 5.82 Å². The first-order chi connectivity index (χ1) is 7.02. The van der Waals surface area contributed by atoms with Crippen LogP contribution in [0.5, 0.6) is 0 Å². The molecule has 0 aliphatic carbocycles. The Labute approximate surface area is 89.5 Å². The third-order valence-corrected chi connectivity index (χ3v) is 2.11. The van der Waals surface area contributed by atoms with Gasteiger partial charge in [0.15, 0.2) is 0 Å². The van der Waals surface area contributed by atoms with Crippen molar-refractivity contribution < 1.29 is 9.18 Å². The summed E-state index contributed by atoms with van der Waals surface area (Å²) < 4.78 is 13.5. The van der Waals surface area contributed by atoms with Gasteiger partial charge in [-0.05, 0) is 24.5 Å². The lowest BCUT2D eigenvalue weighted by molar-refractivity contribution is 0.0945. The smallest absolute Gasteiger partial charge is 0.254 e. The third kappa shape index (κ3) is 3.05. The van der Waals surface area contributed by atoms with Crippen molar-refractivity contribution in [3.8, 4) is 0 Å². The maximum absolute atomic E-state index is 13.5. The van der Waals surface area contributed by atoms with Crippen molar-refractivity contribution in [2.45, 2.75) is 20.8 Å². The molecule has 0 saturated carbocycles. The number of hydrogen-bond acceptors (Lipinski definition) is 1. The van der Waals surface area contributed by atoms with E-state index in [0.717, 1.165) is 0 Å². The molecule has 1 aromatic carbocycles. The molecule has 1 rings (SSSR count). The van der Waals surface area contributed by atoms with Crippen molar-refractivity contribution in [3.63, 3.8) is 0 Å². The van der Waals surface area contributed by atoms with Crippen LogP contribution >= 0.6 is 0 Å². The van der Waals surface area contributed by atoms with Gasteiger partial charge >= 0.3 is 0 Å². The Balaban J connectivity index is 2.78. The second-order valence-electron chi connectivity index (χ2n) is 4.04. The zero-order chi connectivity index (χ0) is 11.4. The van der Waals surface area contributed by atoms with Crippen LogP contribution in [0.15, 0.2) is 18.2 Å². The van der Waals surface area contributed by atoms with Crippen LogP contribution in [-0.2, 0) is 0 Å². The zero-order valence-corrected chi connectivity index (χ0v) is 9.30. The van der Waals surface area contributed by atoms with Gasteiger partial charge in [-0.15, -0.1) is 0 Å². The molecule has 0 aliphatic heterocycles. The van der Waals surface area contributed by atoms with Crippen LogP contribution in [0.1, 0.15) is 29.8 Å². The normalized spacial score (nSPS) is 10.5. The van der Waals surface area contributed by atoms with Gasteiger partial charge in [-0.25, -0.2) is 4.39 Å². The number of rotatable bonds is 3. The number of aryl methyl sites for hydroxylation is 1. The number of carbonyl (C=O) groups excluding carboxylic acids is 1. The Morgan fingerprint density at radius 1 is 1.47 bits per heavy atom. The van der Waals surface area contributed by atoms with Crippen LogP contribution in [0, 0.1) is 18.7 Å². The van der Waals surface area contributed by atoms with Gasteiger partial charge in [0.05, 0.1) is 5.56 Å². The fourth-order valence-corrected chi connectivity index (χ4v) is 1.21. The molecule has 2 nitrogen and oxygen atoms in total. The van der Waals surface area contributed by atoms with Gasteiger partial charge in [-0.2, -0.15) is 0 Å². The van der Waals surface area contributed by atoms with Crippen LogP contribution in [0.3, 0.4) is 0 Å². The minimum atomic E-state index is -0.432. The Morgan fingerprint density at radius 2 is 2.13 bits per heavy atom. The van der Waals surface area contributed by atoms with Gasteiger partial charge in [-0.3, -0.25) is 4.79 Å². The number of hydrogen-bond donors (Lipinski definition) is 1. The summed E-state index contributed by atoms with van der Waals surface area (Å²) in [5, 5.41) is 2.69. The summed E-state index contributed by atoms with van der Waals surface area (Å²) in [6.07, 6.45) is 0. The van der Waals surface area contributed by atoms with E-state index in [9.17, 15) is 9.18 Å². The van der Waals surface area contributed by atoms with Crippen molar-refractivity contribution in [1.29, 1.82) is 0 Å². The molecule has 1 N–H and O–H groups in total. The van der Waals surface area contributed by atoms with E-state index >= 15 is 0 Å². The summed E-state index contributed by atoms with van der Waals surface area (Å²) >= 11 is 0. The highest BCUT2D eigenvalue weighted by atomic mass is 19.1. The van der Waals surface area contributed by atoms with E-state index in [1.54, 1.807) is 19.1 Å². The van der Waals surface area contributed by atoms with Gasteiger partial charge in [0.25, 0.3) is 5.91 Å². The van der Waals surface area contributed by atoms with E-state index < -0.39 is 5.82 Å². The topological polar surface area (TPSA) is 29.1 Å². The standard InChI is InChI=1S/C12H16FNO/c1-8(2)7-14-12(15)10-6-4-5-9(3)11(10)13/h4-6,8H,7H2,1-3H3,(H,14,15). The molecule has 0 fully saturated rings. The molecule has 1 aromatic rings. The number of nitrogens with one attached hydrogen (secondary N) is 1. The molecule has 0 saturated heterocycles. The molecule has 0 heterocycles. The number of benzene rings is 1. The molecule has 15 heavy (non-hydrogen) atoms. The second kappa shape index (κ2) is 4.91. The zero-order valence-electron chi connectivity index (χ0n) is 9.30. The third-order valence-electron chi connectivity index (χ3n) is 2.11. The summed E-state index contributed by atoms with van der Waals surface area (Å²) in [6.45, 7) is 6.19. The Hall–Kier alpha value is -1.38. The van der Waals surface area contributed by atoms with Crippen molar-refractivity contribution in [2.75, 3.05) is 6.54 Å². The maximum Gasteiger partial charge on any atom is 0.254 e. The van der Waals surface area contributed by atoms with Crippen LogP contribution < -0.4 is 5.32 Å². The maximum atomic E-state index is 13.5. The molecule has 3 heteroatoms. The van der Waals surface area contributed by atoms with Crippen molar-refractivity contribution in [2.24, 2.45) is 5.92 Å². The van der Waals surface area contributed by atoms with E-state index in [2.05, 4.69) is 5.32 Å². The van der Waals surface area contributed by atoms with Gasteiger partial charge in [0, 0.05) is 6.54 Å². The Morgan fingerprint density at radius 3 is 2.73 bits per heavy atom. The predicted octanol–water partition coefficient (Wildman–Crippen LogP) is 2.52. The minimum Gasteiger partial charge on any atom is -0.352 e. The first kappa shape index (κ1) is 11.7. The van der Waals surface area contributed by atoms with Crippen LogP contribution in [0.4, 0.5) is 4.39 Å². The second-order valence-corrected chi connectivity index (χ2v) is 4.04. The SMILES string of the molecule is Cc1cccc(C(=O)NCC(C)C)c1F. The molecule has 0 aliphatic rings. The lowest BCUT2D eigenvalue weighted by atomic mass is 10.1. The molecule has 82 valence electrons. The van der Waals surface area contributed by atoms with Crippen molar-refractivity contribution >= 4 is 5.91 Å². The van der Waals surface area contributed by atoms with E-state index in [0.29, 0.717) is 18.0 Å². The molecule has 0 bridgehead atoms. The fourth-order valence-electron chi connectivity index (χ4n) is 1.21. The van der Waals surface area contributed by atoms with Gasteiger partial charge in [0.2, 0.25) is 0 Å². The molecule has 0 radical (unpaired) electrons. The van der Waals surface area contributed by atoms with E-state index in [-0.39, 0.29) is 11.5 Å². The summed E-state index contributed by atoms with van der Waals surface area (Å²) in [5.41, 5.74) is 0.614. The Kier molecular flexibility index (Phi) is 3.83. The number of halogens is 1. The van der Waals surface area contributed by atoms with Gasteiger partial charge in [-0.1, -0.05) is 26.0 Å². The van der Waals surface area contributed by atoms with E-state index in [1.807, 2.05) is 13.8 Å². The Bertz CT molecular complexity index is 361. The first-order valence-electron chi connectivity index (χ1n) is 5.05. The molecular formula is C12H16FNO. The number of carbonyl (C=O) groups is 1. The number of amides is 1. The largest absolute Gasteiger partial charge is 0.352 e. The summed E-state index contributed by atoms with van der Waals surface area (Å²) in [7, 11) is 0. The average Bonchev–Trinajstić information content (AvgIpc) is 2.18. The van der Waals surface area contributed by atoms with Crippen molar-refractivity contribution in [3.05, 3.63) is 35.1 Å². The van der Waals surface area contributed by atoms with E-state index in [4.69, 9.17) is 0 Å². The predicted molar refractivity (Wildman–Crippen MR) is 58.3 cm³/mol. The van der Waals surface area contributed by atoms with Crippen LogP contribution in [0.25, 0.3) is 0 Å². The lowest BCUT2D eigenvalue weighted by Gasteiger charge is -2.08. The highest BCUT2D eigenvalue weighted by Crippen LogP contribution is 2.11. The summed E-state index contributed by atoms with van der Waals surface area (Å²) in [4.78, 5) is 11.6. The van der Waals surface area contributed by atoms with Crippen molar-refractivity contribution in [1.82, 2.24) is 5.32 Å². The first-order valence-corrected chi connectivity index (χ1v) is 5.05. The van der Waals surface area contributed by atoms with Crippen LogP contribution in [0.2, 0.25) is 0 Å². The summed E-state index contributed by atoms with van der Waals surface area (Å²) in [6, 6.07) is 4.83. The molecule has 0 aromatic heterocycles. The monoisotopic (exact) mass is 209 g/mol. The molecule has 0 spiro atoms. The van der Waals surface area contributed by atoms with Gasteiger partial charge < -0.3 is 5.32 Å². The lowest BCUT2D eigenvalue weighted by Crippen LogP contribution is -2.28. The summed E-state index contributed by atoms with van der Waals surface area (Å²) in [5.74, 6) is -0.412. The fraction of sp³-hybridized carbons (Fsp3) is 0.417. The highest BCUT2D eigenvalue weighted by Gasteiger charge is 2.12. The molecule has 1 amide bonds. The highest BCUT2D eigenvalue weighted by molar-refractivity contribution is 5.94.